The van der Waals surface area contributed by atoms with Crippen LogP contribution >= 0.6 is 23.2 Å². The molecule has 0 radical (unpaired) electrons. The first-order valence-electron chi connectivity index (χ1n) is 4.70. The van der Waals surface area contributed by atoms with Gasteiger partial charge in [0.1, 0.15) is 5.69 Å². The van der Waals surface area contributed by atoms with Crippen LogP contribution in [-0.4, -0.2) is 15.0 Å². The summed E-state index contributed by atoms with van der Waals surface area (Å²) in [4.78, 5) is 0. The molecule has 2 aromatic rings. The molecule has 0 amide bonds. The van der Waals surface area contributed by atoms with Gasteiger partial charge in [0.15, 0.2) is 0 Å². The Morgan fingerprint density at radius 2 is 2.00 bits per heavy atom. The maximum Gasteiger partial charge on any atom is 0.102 e. The average molecular weight is 257 g/mol. The van der Waals surface area contributed by atoms with Gasteiger partial charge in [0.25, 0.3) is 0 Å². The molecule has 0 unspecified atom stereocenters. The molecule has 0 atom stereocenters. The minimum absolute atomic E-state index is 0.539. The van der Waals surface area contributed by atoms with Crippen LogP contribution in [0.25, 0.3) is 0 Å². The molecule has 0 saturated heterocycles. The van der Waals surface area contributed by atoms with E-state index in [1.807, 2.05) is 13.2 Å². The number of hydrogen-bond donors (Lipinski definition) is 1. The molecule has 1 heterocycles. The van der Waals surface area contributed by atoms with E-state index in [1.165, 1.54) is 0 Å². The molecule has 0 fully saturated rings. The standard InChI is InChI=1S/C10H10Cl2N4/c1-16-6-7(14-15-16)5-13-10-8(11)3-2-4-9(10)12/h2-4,6,13H,5H2,1H3. The summed E-state index contributed by atoms with van der Waals surface area (Å²) >= 11 is 12.0. The molecule has 0 saturated carbocycles. The summed E-state index contributed by atoms with van der Waals surface area (Å²) in [5.74, 6) is 0. The predicted octanol–water partition coefficient (Wildman–Crippen LogP) is 2.73. The lowest BCUT2D eigenvalue weighted by atomic mass is 10.3. The highest BCUT2D eigenvalue weighted by Gasteiger charge is 2.05. The lowest BCUT2D eigenvalue weighted by molar-refractivity contribution is 0.713. The Morgan fingerprint density at radius 1 is 1.31 bits per heavy atom. The van der Waals surface area contributed by atoms with E-state index in [0.717, 1.165) is 11.4 Å². The van der Waals surface area contributed by atoms with E-state index in [1.54, 1.807) is 22.9 Å². The second-order valence-electron chi connectivity index (χ2n) is 3.33. The summed E-state index contributed by atoms with van der Waals surface area (Å²) in [6, 6.07) is 5.37. The molecule has 0 aliphatic rings. The number of para-hydroxylation sites is 1. The first-order valence-corrected chi connectivity index (χ1v) is 5.45. The maximum absolute atomic E-state index is 6.01. The van der Waals surface area contributed by atoms with Gasteiger partial charge in [-0.25, -0.2) is 0 Å². The normalized spacial score (nSPS) is 10.4. The van der Waals surface area contributed by atoms with E-state index in [9.17, 15) is 0 Å². The first kappa shape index (κ1) is 11.2. The molecular weight excluding hydrogens is 247 g/mol. The van der Waals surface area contributed by atoms with Crippen LogP contribution in [-0.2, 0) is 13.6 Å². The van der Waals surface area contributed by atoms with Gasteiger partial charge in [0.2, 0.25) is 0 Å². The van der Waals surface area contributed by atoms with E-state index >= 15 is 0 Å². The predicted molar refractivity (Wildman–Crippen MR) is 64.8 cm³/mol. The SMILES string of the molecule is Cn1cc(CNc2c(Cl)cccc2Cl)nn1. The van der Waals surface area contributed by atoms with Crippen LogP contribution in [0, 0.1) is 0 Å². The molecule has 4 nitrogen and oxygen atoms in total. The molecule has 2 rings (SSSR count). The zero-order valence-corrected chi connectivity index (χ0v) is 10.1. The molecular formula is C10H10Cl2N4. The lowest BCUT2D eigenvalue weighted by Gasteiger charge is -2.08. The van der Waals surface area contributed by atoms with Crippen molar-refractivity contribution in [1.29, 1.82) is 0 Å². The van der Waals surface area contributed by atoms with Crippen LogP contribution in [0.5, 0.6) is 0 Å². The minimum Gasteiger partial charge on any atom is -0.377 e. The largest absolute Gasteiger partial charge is 0.377 e. The topological polar surface area (TPSA) is 42.7 Å². The Labute approximate surface area is 103 Å². The third-order valence-electron chi connectivity index (χ3n) is 2.06. The quantitative estimate of drug-likeness (QED) is 0.919. The Bertz CT molecular complexity index is 475. The van der Waals surface area contributed by atoms with Crippen LogP contribution in [0.15, 0.2) is 24.4 Å². The molecule has 1 aromatic heterocycles. The van der Waals surface area contributed by atoms with Crippen LogP contribution in [0.1, 0.15) is 5.69 Å². The van der Waals surface area contributed by atoms with Crippen molar-refractivity contribution in [2.45, 2.75) is 6.54 Å². The number of hydrogen-bond acceptors (Lipinski definition) is 3. The highest BCUT2D eigenvalue weighted by atomic mass is 35.5. The monoisotopic (exact) mass is 256 g/mol. The van der Waals surface area contributed by atoms with Crippen LogP contribution in [0.2, 0.25) is 10.0 Å². The van der Waals surface area contributed by atoms with E-state index in [-0.39, 0.29) is 0 Å². The fraction of sp³-hybridized carbons (Fsp3) is 0.200. The minimum atomic E-state index is 0.539. The van der Waals surface area contributed by atoms with Crippen LogP contribution in [0.4, 0.5) is 5.69 Å². The first-order chi connectivity index (χ1) is 7.66. The van der Waals surface area contributed by atoms with Crippen molar-refractivity contribution < 1.29 is 0 Å². The summed E-state index contributed by atoms with van der Waals surface area (Å²) in [5, 5.41) is 12.1. The third-order valence-corrected chi connectivity index (χ3v) is 2.69. The Kier molecular flexibility index (Phi) is 3.31. The molecule has 1 N–H and O–H groups in total. The number of nitrogens with zero attached hydrogens (tertiary/aromatic N) is 3. The lowest BCUT2D eigenvalue weighted by Crippen LogP contribution is -2.01. The van der Waals surface area contributed by atoms with Crippen molar-refractivity contribution in [3.63, 3.8) is 0 Å². The second-order valence-corrected chi connectivity index (χ2v) is 4.15. The summed E-state index contributed by atoms with van der Waals surface area (Å²) in [5.41, 5.74) is 1.55. The highest BCUT2D eigenvalue weighted by molar-refractivity contribution is 6.39. The third kappa shape index (κ3) is 2.46. The Hall–Kier alpha value is -1.26. The van der Waals surface area contributed by atoms with Crippen LogP contribution in [0.3, 0.4) is 0 Å². The zero-order valence-electron chi connectivity index (χ0n) is 8.61. The number of nitrogens with one attached hydrogen (secondary N) is 1. The van der Waals surface area contributed by atoms with Gasteiger partial charge in [-0.3, -0.25) is 4.68 Å². The summed E-state index contributed by atoms with van der Waals surface area (Å²) < 4.78 is 1.64. The van der Waals surface area contributed by atoms with Gasteiger partial charge in [-0.1, -0.05) is 34.5 Å². The molecule has 0 aliphatic heterocycles. The molecule has 0 aliphatic carbocycles. The highest BCUT2D eigenvalue weighted by Crippen LogP contribution is 2.29. The van der Waals surface area contributed by atoms with Gasteiger partial charge in [0.05, 0.1) is 22.3 Å². The molecule has 0 spiro atoms. The maximum atomic E-state index is 6.01. The Morgan fingerprint density at radius 3 is 2.56 bits per heavy atom. The second kappa shape index (κ2) is 4.72. The van der Waals surface area contributed by atoms with Gasteiger partial charge in [-0.2, -0.15) is 0 Å². The summed E-state index contributed by atoms with van der Waals surface area (Å²) in [7, 11) is 1.82. The van der Waals surface area contributed by atoms with Crippen molar-refractivity contribution in [3.8, 4) is 0 Å². The fourth-order valence-corrected chi connectivity index (χ4v) is 1.85. The van der Waals surface area contributed by atoms with Gasteiger partial charge >= 0.3 is 0 Å². The smallest absolute Gasteiger partial charge is 0.102 e. The van der Waals surface area contributed by atoms with Crippen molar-refractivity contribution in [1.82, 2.24) is 15.0 Å². The molecule has 84 valence electrons. The van der Waals surface area contributed by atoms with E-state index in [0.29, 0.717) is 16.6 Å². The molecule has 16 heavy (non-hydrogen) atoms. The fourth-order valence-electron chi connectivity index (χ4n) is 1.32. The number of aromatic nitrogens is 3. The van der Waals surface area contributed by atoms with Crippen molar-refractivity contribution >= 4 is 28.9 Å². The summed E-state index contributed by atoms with van der Waals surface area (Å²) in [6.45, 7) is 0.539. The van der Waals surface area contributed by atoms with E-state index in [4.69, 9.17) is 23.2 Å². The number of halogens is 2. The van der Waals surface area contributed by atoms with Crippen molar-refractivity contribution in [3.05, 3.63) is 40.1 Å². The number of aryl methyl sites for hydroxylation is 1. The van der Waals surface area contributed by atoms with E-state index in [2.05, 4.69) is 15.6 Å². The van der Waals surface area contributed by atoms with Gasteiger partial charge in [-0.05, 0) is 12.1 Å². The van der Waals surface area contributed by atoms with Gasteiger partial charge < -0.3 is 5.32 Å². The Balaban J connectivity index is 2.10. The van der Waals surface area contributed by atoms with Crippen molar-refractivity contribution in [2.75, 3.05) is 5.32 Å². The van der Waals surface area contributed by atoms with Gasteiger partial charge in [-0.15, -0.1) is 5.10 Å². The number of anilines is 1. The van der Waals surface area contributed by atoms with E-state index < -0.39 is 0 Å². The zero-order chi connectivity index (χ0) is 11.5. The number of rotatable bonds is 3. The van der Waals surface area contributed by atoms with Gasteiger partial charge in [0, 0.05) is 13.2 Å². The molecule has 1 aromatic carbocycles. The van der Waals surface area contributed by atoms with Crippen LogP contribution < -0.4 is 5.32 Å². The summed E-state index contributed by atoms with van der Waals surface area (Å²) in [6.07, 6.45) is 1.83. The number of benzene rings is 1. The average Bonchev–Trinajstić information content (AvgIpc) is 2.63. The molecule has 6 heteroatoms. The molecule has 0 bridgehead atoms. The van der Waals surface area contributed by atoms with Crippen molar-refractivity contribution in [2.24, 2.45) is 7.05 Å².